The van der Waals surface area contributed by atoms with Crippen molar-refractivity contribution in [2.75, 3.05) is 11.1 Å². The zero-order chi connectivity index (χ0) is 20.6. The van der Waals surface area contributed by atoms with Crippen LogP contribution in [0.2, 0.25) is 0 Å². The van der Waals surface area contributed by atoms with E-state index in [1.807, 2.05) is 12.5 Å². The molecule has 1 radical (unpaired) electrons. The van der Waals surface area contributed by atoms with E-state index < -0.39 is 11.7 Å². The number of benzene rings is 2. The molecular formula is C22H20FN4O2. The molecule has 0 atom stereocenters. The van der Waals surface area contributed by atoms with E-state index in [-0.39, 0.29) is 17.3 Å². The van der Waals surface area contributed by atoms with Crippen LogP contribution in [0.1, 0.15) is 15.9 Å². The van der Waals surface area contributed by atoms with Gasteiger partial charge < -0.3 is 21.7 Å². The van der Waals surface area contributed by atoms with Crippen LogP contribution < -0.4 is 21.7 Å². The van der Waals surface area contributed by atoms with Crippen LogP contribution in [0.4, 0.5) is 15.8 Å². The molecule has 1 heterocycles. The van der Waals surface area contributed by atoms with Crippen molar-refractivity contribution in [1.82, 2.24) is 10.6 Å². The largest absolute Gasteiger partial charge is 0.397 e. The minimum absolute atomic E-state index is 0.217. The number of halogens is 1. The molecule has 2 amide bonds. The first-order valence-corrected chi connectivity index (χ1v) is 8.88. The highest BCUT2D eigenvalue weighted by atomic mass is 19.1. The third kappa shape index (κ3) is 5.80. The predicted octanol–water partition coefficient (Wildman–Crippen LogP) is 3.04. The topological polar surface area (TPSA) is 96.2 Å². The fraction of sp³-hybridized carbons (Fsp3) is 0.0455. The smallest absolute Gasteiger partial charge is 0.255 e. The lowest BCUT2D eigenvalue weighted by molar-refractivity contribution is -0.116. The minimum Gasteiger partial charge on any atom is -0.397 e. The number of hydrogen-bond donors (Lipinski definition) is 4. The molecule has 0 unspecified atom stereocenters. The maximum atomic E-state index is 13.3. The average Bonchev–Trinajstić information content (AvgIpc) is 2.74. The van der Waals surface area contributed by atoms with Crippen LogP contribution in [0.25, 0.3) is 0 Å². The Kier molecular flexibility index (Phi) is 6.42. The Bertz CT molecular complexity index is 994. The van der Waals surface area contributed by atoms with Crippen LogP contribution in [0.3, 0.4) is 0 Å². The first-order chi connectivity index (χ1) is 14.0. The van der Waals surface area contributed by atoms with Crippen LogP contribution >= 0.6 is 0 Å². The fourth-order valence-electron chi connectivity index (χ4n) is 2.54. The summed E-state index contributed by atoms with van der Waals surface area (Å²) in [6.45, 7) is 0.322. The molecule has 5 N–H and O–H groups in total. The van der Waals surface area contributed by atoms with Gasteiger partial charge >= 0.3 is 0 Å². The van der Waals surface area contributed by atoms with E-state index in [1.165, 1.54) is 18.2 Å². The SMILES string of the molecule is Nc1ccc(F)cc1NC(=O)c1ccc(CNC(=O)/C=C/C2=CNC=C[CH]2)cc1. The molecule has 2 aromatic rings. The molecule has 0 spiro atoms. The molecule has 7 heteroatoms. The summed E-state index contributed by atoms with van der Waals surface area (Å²) >= 11 is 0. The third-order valence-electron chi connectivity index (χ3n) is 4.10. The molecule has 0 bridgehead atoms. The molecule has 29 heavy (non-hydrogen) atoms. The number of allylic oxidation sites excluding steroid dienone is 3. The van der Waals surface area contributed by atoms with Gasteiger partial charge in [0, 0.05) is 30.8 Å². The van der Waals surface area contributed by atoms with Gasteiger partial charge in [-0.05, 0) is 47.7 Å². The monoisotopic (exact) mass is 391 g/mol. The van der Waals surface area contributed by atoms with Gasteiger partial charge in [0.05, 0.1) is 11.4 Å². The van der Waals surface area contributed by atoms with Gasteiger partial charge in [-0.15, -0.1) is 0 Å². The van der Waals surface area contributed by atoms with Crippen LogP contribution in [0.15, 0.2) is 78.7 Å². The molecule has 2 aromatic carbocycles. The van der Waals surface area contributed by atoms with Crippen molar-refractivity contribution in [3.8, 4) is 0 Å². The lowest BCUT2D eigenvalue weighted by Gasteiger charge is -2.09. The van der Waals surface area contributed by atoms with Crippen molar-refractivity contribution in [2.24, 2.45) is 0 Å². The molecular weight excluding hydrogens is 371 g/mol. The second-order valence-electron chi connectivity index (χ2n) is 6.27. The summed E-state index contributed by atoms with van der Waals surface area (Å²) in [5.74, 6) is -1.11. The van der Waals surface area contributed by atoms with Gasteiger partial charge in [0.1, 0.15) is 5.82 Å². The first kappa shape index (κ1) is 19.9. The highest BCUT2D eigenvalue weighted by Gasteiger charge is 2.09. The zero-order valence-electron chi connectivity index (χ0n) is 15.5. The van der Waals surface area contributed by atoms with Crippen LogP contribution in [-0.4, -0.2) is 11.8 Å². The van der Waals surface area contributed by atoms with E-state index >= 15 is 0 Å². The van der Waals surface area contributed by atoms with E-state index in [0.29, 0.717) is 12.1 Å². The van der Waals surface area contributed by atoms with Gasteiger partial charge in [0.2, 0.25) is 5.91 Å². The van der Waals surface area contributed by atoms with Gasteiger partial charge in [0.15, 0.2) is 0 Å². The summed E-state index contributed by atoms with van der Waals surface area (Å²) in [6.07, 6.45) is 10.4. The Labute approximate surface area is 168 Å². The first-order valence-electron chi connectivity index (χ1n) is 8.88. The fourth-order valence-corrected chi connectivity index (χ4v) is 2.54. The molecule has 0 aliphatic carbocycles. The summed E-state index contributed by atoms with van der Waals surface area (Å²) in [6, 6.07) is 10.5. The van der Waals surface area contributed by atoms with E-state index in [4.69, 9.17) is 5.73 Å². The van der Waals surface area contributed by atoms with Crippen LogP contribution in [0, 0.1) is 12.2 Å². The molecule has 0 aromatic heterocycles. The highest BCUT2D eigenvalue weighted by molar-refractivity contribution is 6.05. The van der Waals surface area contributed by atoms with E-state index in [1.54, 1.807) is 42.7 Å². The number of carbonyl (C=O) groups excluding carboxylic acids is 2. The van der Waals surface area contributed by atoms with Crippen molar-refractivity contribution in [3.63, 3.8) is 0 Å². The summed E-state index contributed by atoms with van der Waals surface area (Å²) in [4.78, 5) is 24.2. The Hall–Kier alpha value is -3.87. The number of dihydropyridines is 1. The summed E-state index contributed by atoms with van der Waals surface area (Å²) in [5.41, 5.74) is 8.35. The standard InChI is InChI=1S/C22H20FN4O2/c23-18-8-9-19(24)20(12-18)27-22(29)17-6-3-16(4-7-17)14-26-21(28)10-5-15-2-1-11-25-13-15/h1-13,25H,14,24H2,(H,26,28)(H,27,29)/b10-5+. The number of rotatable bonds is 6. The third-order valence-corrected chi connectivity index (χ3v) is 4.10. The molecule has 0 saturated carbocycles. The number of nitrogens with one attached hydrogen (secondary N) is 3. The molecule has 6 nitrogen and oxygen atoms in total. The van der Waals surface area contributed by atoms with E-state index in [2.05, 4.69) is 16.0 Å². The average molecular weight is 391 g/mol. The van der Waals surface area contributed by atoms with E-state index in [9.17, 15) is 14.0 Å². The van der Waals surface area contributed by atoms with Crippen molar-refractivity contribution in [3.05, 3.63) is 102 Å². The van der Waals surface area contributed by atoms with Crippen LogP contribution in [-0.2, 0) is 11.3 Å². The maximum absolute atomic E-state index is 13.3. The van der Waals surface area contributed by atoms with E-state index in [0.717, 1.165) is 17.2 Å². The number of hydrogen-bond acceptors (Lipinski definition) is 4. The van der Waals surface area contributed by atoms with Crippen molar-refractivity contribution < 1.29 is 14.0 Å². The summed E-state index contributed by atoms with van der Waals surface area (Å²) in [5, 5.41) is 8.30. The number of nitrogen functional groups attached to an aromatic ring is 1. The second kappa shape index (κ2) is 9.36. The van der Waals surface area contributed by atoms with Gasteiger partial charge in [-0.25, -0.2) is 4.39 Å². The van der Waals surface area contributed by atoms with Crippen molar-refractivity contribution in [1.29, 1.82) is 0 Å². The van der Waals surface area contributed by atoms with Crippen LogP contribution in [0.5, 0.6) is 0 Å². The normalized spacial score (nSPS) is 12.9. The highest BCUT2D eigenvalue weighted by Crippen LogP contribution is 2.20. The van der Waals surface area contributed by atoms with Gasteiger partial charge in [0.25, 0.3) is 5.91 Å². The number of amides is 2. The Morgan fingerprint density at radius 1 is 1.14 bits per heavy atom. The summed E-state index contributed by atoms with van der Waals surface area (Å²) in [7, 11) is 0. The lowest BCUT2D eigenvalue weighted by Crippen LogP contribution is -2.20. The number of carbonyl (C=O) groups is 2. The van der Waals surface area contributed by atoms with Gasteiger partial charge in [-0.1, -0.05) is 24.3 Å². The van der Waals surface area contributed by atoms with Crippen molar-refractivity contribution in [2.45, 2.75) is 6.54 Å². The lowest BCUT2D eigenvalue weighted by atomic mass is 10.1. The molecule has 1 aliphatic heterocycles. The molecule has 3 rings (SSSR count). The Morgan fingerprint density at radius 2 is 1.93 bits per heavy atom. The molecule has 147 valence electrons. The van der Waals surface area contributed by atoms with Gasteiger partial charge in [-0.3, -0.25) is 9.59 Å². The minimum atomic E-state index is -0.486. The zero-order valence-corrected chi connectivity index (χ0v) is 15.5. The summed E-state index contributed by atoms with van der Waals surface area (Å²) < 4.78 is 13.3. The maximum Gasteiger partial charge on any atom is 0.255 e. The molecule has 0 fully saturated rings. The predicted molar refractivity (Wildman–Crippen MR) is 111 cm³/mol. The Morgan fingerprint density at radius 3 is 2.66 bits per heavy atom. The molecule has 1 aliphatic rings. The van der Waals surface area contributed by atoms with Crippen molar-refractivity contribution >= 4 is 23.2 Å². The molecule has 0 saturated heterocycles. The quantitative estimate of drug-likeness (QED) is 0.450. The Balaban J connectivity index is 1.52. The van der Waals surface area contributed by atoms with Gasteiger partial charge in [-0.2, -0.15) is 0 Å². The second-order valence-corrected chi connectivity index (χ2v) is 6.27. The number of nitrogens with two attached hydrogens (primary N) is 1. The number of anilines is 2.